The first-order valence-electron chi connectivity index (χ1n) is 4.87. The second-order valence-corrected chi connectivity index (χ2v) is 3.58. The van der Waals surface area contributed by atoms with Gasteiger partial charge in [0.05, 0.1) is 12.6 Å². The average Bonchev–Trinajstić information content (AvgIpc) is 2.65. The maximum absolute atomic E-state index is 10.7. The molecule has 82 valence electrons. The first-order valence-corrected chi connectivity index (χ1v) is 4.87. The fourth-order valence-electron chi connectivity index (χ4n) is 1.45. The molecule has 2 N–H and O–H groups in total. The van der Waals surface area contributed by atoms with Gasteiger partial charge in [0.1, 0.15) is 0 Å². The van der Waals surface area contributed by atoms with Crippen LogP contribution in [0.25, 0.3) is 11.1 Å². The number of primary amides is 1. The number of carbonyl (C=O) groups excluding carboxylic acids is 1. The van der Waals surface area contributed by atoms with E-state index in [1.54, 1.807) is 23.1 Å². The average molecular weight is 216 g/mol. The summed E-state index contributed by atoms with van der Waals surface area (Å²) in [4.78, 5) is 14.9. The molecule has 0 aliphatic heterocycles. The summed E-state index contributed by atoms with van der Waals surface area (Å²) in [6, 6.07) is 3.70. The molecule has 0 fully saturated rings. The maximum Gasteiger partial charge on any atom is 0.223 e. The Morgan fingerprint density at radius 2 is 2.19 bits per heavy atom. The van der Waals surface area contributed by atoms with Crippen LogP contribution in [0.15, 0.2) is 30.7 Å². The molecule has 2 aromatic rings. The summed E-state index contributed by atoms with van der Waals surface area (Å²) in [5.41, 5.74) is 7.74. The monoisotopic (exact) mass is 216 g/mol. The molecule has 0 spiro atoms. The van der Waals surface area contributed by atoms with E-state index in [2.05, 4.69) is 10.1 Å². The molecular weight excluding hydrogens is 204 g/mol. The molecule has 0 bridgehead atoms. The highest BCUT2D eigenvalue weighted by molar-refractivity contribution is 5.76. The molecule has 0 aliphatic carbocycles. The largest absolute Gasteiger partial charge is 0.369 e. The zero-order valence-corrected chi connectivity index (χ0v) is 8.92. The molecule has 0 atom stereocenters. The Kier molecular flexibility index (Phi) is 2.68. The minimum absolute atomic E-state index is 0.174. The Hall–Kier alpha value is -2.17. The zero-order valence-electron chi connectivity index (χ0n) is 8.92. The molecule has 0 aliphatic rings. The Morgan fingerprint density at radius 1 is 1.38 bits per heavy atom. The third kappa shape index (κ3) is 2.25. The van der Waals surface area contributed by atoms with Gasteiger partial charge in [-0.25, -0.2) is 0 Å². The van der Waals surface area contributed by atoms with E-state index in [0.717, 1.165) is 11.1 Å². The first kappa shape index (κ1) is 10.4. The molecule has 1 amide bonds. The number of nitrogens with two attached hydrogens (primary N) is 1. The number of carbonyl (C=O) groups is 1. The van der Waals surface area contributed by atoms with Crippen LogP contribution >= 0.6 is 0 Å². The SMILES string of the molecule is Cn1cc(-c2ccc(CC(N)=O)nc2)cn1. The lowest BCUT2D eigenvalue weighted by atomic mass is 10.1. The Morgan fingerprint density at radius 3 is 2.69 bits per heavy atom. The van der Waals surface area contributed by atoms with Crippen LogP contribution in [0.5, 0.6) is 0 Å². The van der Waals surface area contributed by atoms with Crippen molar-refractivity contribution in [3.63, 3.8) is 0 Å². The van der Waals surface area contributed by atoms with Gasteiger partial charge in [-0.3, -0.25) is 14.5 Å². The van der Waals surface area contributed by atoms with Crippen LogP contribution in [0, 0.1) is 0 Å². The number of amides is 1. The van der Waals surface area contributed by atoms with Crippen molar-refractivity contribution >= 4 is 5.91 Å². The molecule has 0 saturated carbocycles. The summed E-state index contributed by atoms with van der Waals surface area (Å²) in [5, 5.41) is 4.08. The molecule has 0 radical (unpaired) electrons. The molecule has 2 rings (SSSR count). The van der Waals surface area contributed by atoms with E-state index in [9.17, 15) is 4.79 Å². The summed E-state index contributed by atoms with van der Waals surface area (Å²) >= 11 is 0. The van der Waals surface area contributed by atoms with Crippen molar-refractivity contribution in [1.82, 2.24) is 14.8 Å². The molecule has 2 heterocycles. The lowest BCUT2D eigenvalue weighted by Gasteiger charge is -1.99. The molecule has 0 saturated heterocycles. The smallest absolute Gasteiger partial charge is 0.223 e. The summed E-state index contributed by atoms with van der Waals surface area (Å²) in [7, 11) is 1.86. The van der Waals surface area contributed by atoms with Gasteiger partial charge in [0.2, 0.25) is 5.91 Å². The van der Waals surface area contributed by atoms with E-state index >= 15 is 0 Å². The van der Waals surface area contributed by atoms with Crippen LogP contribution < -0.4 is 5.73 Å². The van der Waals surface area contributed by atoms with Crippen molar-refractivity contribution in [2.45, 2.75) is 6.42 Å². The summed E-state index contributed by atoms with van der Waals surface area (Å²) in [6.45, 7) is 0. The van der Waals surface area contributed by atoms with E-state index in [1.165, 1.54) is 0 Å². The second-order valence-electron chi connectivity index (χ2n) is 3.58. The topological polar surface area (TPSA) is 73.8 Å². The number of hydrogen-bond donors (Lipinski definition) is 1. The van der Waals surface area contributed by atoms with E-state index in [-0.39, 0.29) is 12.3 Å². The van der Waals surface area contributed by atoms with Gasteiger partial charge in [-0.15, -0.1) is 0 Å². The first-order chi connectivity index (χ1) is 7.65. The van der Waals surface area contributed by atoms with E-state index in [1.807, 2.05) is 19.3 Å². The zero-order chi connectivity index (χ0) is 11.5. The molecule has 0 unspecified atom stereocenters. The maximum atomic E-state index is 10.7. The minimum atomic E-state index is -0.373. The van der Waals surface area contributed by atoms with Crippen LogP contribution in [0.3, 0.4) is 0 Å². The van der Waals surface area contributed by atoms with Gasteiger partial charge < -0.3 is 5.73 Å². The molecular formula is C11H12N4O. The van der Waals surface area contributed by atoms with Crippen LogP contribution in [0.1, 0.15) is 5.69 Å². The fraction of sp³-hybridized carbons (Fsp3) is 0.182. The van der Waals surface area contributed by atoms with Crippen molar-refractivity contribution in [3.05, 3.63) is 36.4 Å². The predicted octanol–water partition coefficient (Wildman–Crippen LogP) is 0.510. The second kappa shape index (κ2) is 4.14. The predicted molar refractivity (Wildman–Crippen MR) is 59.3 cm³/mol. The summed E-state index contributed by atoms with van der Waals surface area (Å²) < 4.78 is 1.73. The third-order valence-corrected chi connectivity index (χ3v) is 2.22. The van der Waals surface area contributed by atoms with Crippen LogP contribution in [-0.2, 0) is 18.3 Å². The van der Waals surface area contributed by atoms with Gasteiger partial charge in [0, 0.05) is 36.3 Å². The van der Waals surface area contributed by atoms with Gasteiger partial charge in [0.25, 0.3) is 0 Å². The highest BCUT2D eigenvalue weighted by Gasteiger charge is 2.03. The van der Waals surface area contributed by atoms with Gasteiger partial charge in [-0.05, 0) is 6.07 Å². The van der Waals surface area contributed by atoms with Gasteiger partial charge in [-0.2, -0.15) is 5.10 Å². The molecule has 5 heteroatoms. The number of aromatic nitrogens is 3. The standard InChI is InChI=1S/C11H12N4O/c1-15-7-9(6-14-15)8-2-3-10(13-5-8)4-11(12)16/h2-3,5-7H,4H2,1H3,(H2,12,16). The molecule has 16 heavy (non-hydrogen) atoms. The summed E-state index contributed by atoms with van der Waals surface area (Å²) in [6.07, 6.45) is 5.57. The van der Waals surface area contributed by atoms with Crippen molar-refractivity contribution in [3.8, 4) is 11.1 Å². The van der Waals surface area contributed by atoms with E-state index in [4.69, 9.17) is 5.73 Å². The number of hydrogen-bond acceptors (Lipinski definition) is 3. The number of nitrogens with zero attached hydrogens (tertiary/aromatic N) is 3. The quantitative estimate of drug-likeness (QED) is 0.812. The Bertz CT molecular complexity index is 501. The molecule has 5 nitrogen and oxygen atoms in total. The third-order valence-electron chi connectivity index (χ3n) is 2.22. The van der Waals surface area contributed by atoms with Crippen molar-refractivity contribution in [1.29, 1.82) is 0 Å². The van der Waals surface area contributed by atoms with Gasteiger partial charge in [-0.1, -0.05) is 6.07 Å². The Balaban J connectivity index is 2.22. The highest BCUT2D eigenvalue weighted by Crippen LogP contribution is 2.17. The summed E-state index contributed by atoms with van der Waals surface area (Å²) in [5.74, 6) is -0.373. The van der Waals surface area contributed by atoms with Crippen LogP contribution in [-0.4, -0.2) is 20.7 Å². The normalized spacial score (nSPS) is 10.3. The van der Waals surface area contributed by atoms with E-state index in [0.29, 0.717) is 5.69 Å². The van der Waals surface area contributed by atoms with Crippen LogP contribution in [0.2, 0.25) is 0 Å². The molecule has 2 aromatic heterocycles. The highest BCUT2D eigenvalue weighted by atomic mass is 16.1. The number of rotatable bonds is 3. The lowest BCUT2D eigenvalue weighted by Crippen LogP contribution is -2.14. The van der Waals surface area contributed by atoms with Gasteiger partial charge in [0.15, 0.2) is 0 Å². The van der Waals surface area contributed by atoms with Crippen molar-refractivity contribution in [2.75, 3.05) is 0 Å². The number of aryl methyl sites for hydroxylation is 1. The fourth-order valence-corrected chi connectivity index (χ4v) is 1.45. The van der Waals surface area contributed by atoms with Gasteiger partial charge >= 0.3 is 0 Å². The van der Waals surface area contributed by atoms with Crippen LogP contribution in [0.4, 0.5) is 0 Å². The number of pyridine rings is 1. The van der Waals surface area contributed by atoms with Crippen molar-refractivity contribution in [2.24, 2.45) is 12.8 Å². The van der Waals surface area contributed by atoms with Crippen molar-refractivity contribution < 1.29 is 4.79 Å². The Labute approximate surface area is 92.9 Å². The lowest BCUT2D eigenvalue weighted by molar-refractivity contribution is -0.117. The van der Waals surface area contributed by atoms with E-state index < -0.39 is 0 Å². The minimum Gasteiger partial charge on any atom is -0.369 e. The molecule has 0 aromatic carbocycles.